The number of Topliss-reactive ketones (excluding diaryl/α,β-unsaturated/α-hetero) is 1. The quantitative estimate of drug-likeness (QED) is 0.797. The van der Waals surface area contributed by atoms with Gasteiger partial charge in [-0.2, -0.15) is 0 Å². The van der Waals surface area contributed by atoms with Crippen LogP contribution in [0.5, 0.6) is 0 Å². The molecule has 1 aromatic carbocycles. The Kier molecular flexibility index (Phi) is 3.10. The number of nitrogens with zero attached hydrogens (tertiary/aromatic N) is 1. The molecule has 1 amide bonds. The van der Waals surface area contributed by atoms with Crippen LogP contribution in [0.2, 0.25) is 0 Å². The Bertz CT molecular complexity index is 442. The first kappa shape index (κ1) is 11.6. The van der Waals surface area contributed by atoms with E-state index in [1.807, 2.05) is 0 Å². The molecule has 0 aliphatic carbocycles. The number of anilines is 1. The van der Waals surface area contributed by atoms with Gasteiger partial charge in [-0.15, -0.1) is 0 Å². The van der Waals surface area contributed by atoms with E-state index >= 15 is 0 Å². The predicted octanol–water partition coefficient (Wildman–Crippen LogP) is 1.17. The number of hydrogen-bond acceptors (Lipinski definition) is 4. The molecule has 1 aromatic rings. The standard InChI is InChI=1S/C12H14N2O3/c1-8(15)9-2-4-10(5-3-9)14-11(6-13)7-17-12(14)16/h2-5,11H,6-7,13H2,1H3. The smallest absolute Gasteiger partial charge is 0.414 e. The summed E-state index contributed by atoms with van der Waals surface area (Å²) in [5.41, 5.74) is 6.89. The second-order valence-electron chi connectivity index (χ2n) is 3.94. The first-order valence-electron chi connectivity index (χ1n) is 5.40. The van der Waals surface area contributed by atoms with E-state index in [1.165, 1.54) is 11.8 Å². The zero-order valence-electron chi connectivity index (χ0n) is 9.55. The van der Waals surface area contributed by atoms with Crippen LogP contribution in [0, 0.1) is 0 Å². The van der Waals surface area contributed by atoms with Crippen LogP contribution < -0.4 is 10.6 Å². The summed E-state index contributed by atoms with van der Waals surface area (Å²) in [6.45, 7) is 2.16. The second kappa shape index (κ2) is 4.55. The molecule has 5 heteroatoms. The van der Waals surface area contributed by atoms with E-state index < -0.39 is 6.09 Å². The third-order valence-electron chi connectivity index (χ3n) is 2.79. The molecule has 0 aromatic heterocycles. The van der Waals surface area contributed by atoms with Crippen molar-refractivity contribution in [2.24, 2.45) is 5.73 Å². The molecular formula is C12H14N2O3. The van der Waals surface area contributed by atoms with E-state index in [4.69, 9.17) is 10.5 Å². The number of carbonyl (C=O) groups excluding carboxylic acids is 2. The fourth-order valence-electron chi connectivity index (χ4n) is 1.81. The Morgan fingerprint density at radius 3 is 2.65 bits per heavy atom. The van der Waals surface area contributed by atoms with Gasteiger partial charge in [0.2, 0.25) is 0 Å². The van der Waals surface area contributed by atoms with Crippen LogP contribution in [-0.4, -0.2) is 31.1 Å². The van der Waals surface area contributed by atoms with Gasteiger partial charge in [0.25, 0.3) is 0 Å². The van der Waals surface area contributed by atoms with Crippen LogP contribution in [0.15, 0.2) is 24.3 Å². The highest BCUT2D eigenvalue weighted by atomic mass is 16.6. The largest absolute Gasteiger partial charge is 0.447 e. The van der Waals surface area contributed by atoms with Crippen molar-refractivity contribution in [3.8, 4) is 0 Å². The first-order chi connectivity index (χ1) is 8.13. The van der Waals surface area contributed by atoms with Gasteiger partial charge >= 0.3 is 6.09 Å². The summed E-state index contributed by atoms with van der Waals surface area (Å²) in [7, 11) is 0. The number of carbonyl (C=O) groups is 2. The fourth-order valence-corrected chi connectivity index (χ4v) is 1.81. The molecule has 1 fully saturated rings. The minimum Gasteiger partial charge on any atom is -0.447 e. The van der Waals surface area contributed by atoms with E-state index in [0.717, 1.165) is 0 Å². The summed E-state index contributed by atoms with van der Waals surface area (Å²) < 4.78 is 4.94. The Hall–Kier alpha value is -1.88. The van der Waals surface area contributed by atoms with E-state index in [-0.39, 0.29) is 11.8 Å². The van der Waals surface area contributed by atoms with Crippen LogP contribution >= 0.6 is 0 Å². The van der Waals surface area contributed by atoms with Gasteiger partial charge < -0.3 is 10.5 Å². The lowest BCUT2D eigenvalue weighted by Gasteiger charge is -2.19. The molecule has 1 atom stereocenters. The van der Waals surface area contributed by atoms with Gasteiger partial charge in [0.05, 0.1) is 6.04 Å². The topological polar surface area (TPSA) is 72.6 Å². The molecule has 17 heavy (non-hydrogen) atoms. The van der Waals surface area contributed by atoms with Crippen LogP contribution in [0.3, 0.4) is 0 Å². The van der Waals surface area contributed by atoms with E-state index in [1.54, 1.807) is 24.3 Å². The maximum absolute atomic E-state index is 11.5. The molecule has 2 rings (SSSR count). The number of hydrogen-bond donors (Lipinski definition) is 1. The van der Waals surface area contributed by atoms with E-state index in [9.17, 15) is 9.59 Å². The normalized spacial score (nSPS) is 19.3. The third-order valence-corrected chi connectivity index (χ3v) is 2.79. The number of ether oxygens (including phenoxy) is 1. The average Bonchev–Trinajstić information content (AvgIpc) is 2.70. The number of cyclic esters (lactones) is 1. The van der Waals surface area contributed by atoms with Crippen LogP contribution in [0.1, 0.15) is 17.3 Å². The minimum atomic E-state index is -0.393. The van der Waals surface area contributed by atoms with Crippen LogP contribution in [-0.2, 0) is 4.74 Å². The highest BCUT2D eigenvalue weighted by molar-refractivity contribution is 5.95. The SMILES string of the molecule is CC(=O)c1ccc(N2C(=O)OCC2CN)cc1. The number of nitrogens with two attached hydrogens (primary N) is 1. The Labute approximate surface area is 99.2 Å². The highest BCUT2D eigenvalue weighted by Crippen LogP contribution is 2.23. The van der Waals surface area contributed by atoms with Crippen LogP contribution in [0.25, 0.3) is 0 Å². The van der Waals surface area contributed by atoms with Crippen LogP contribution in [0.4, 0.5) is 10.5 Å². The summed E-state index contributed by atoms with van der Waals surface area (Å²) in [5.74, 6) is -0.00377. The van der Waals surface area contributed by atoms with Gasteiger partial charge in [-0.1, -0.05) is 0 Å². The predicted molar refractivity (Wildman–Crippen MR) is 63.1 cm³/mol. The van der Waals surface area contributed by atoms with Crippen molar-refractivity contribution in [1.82, 2.24) is 0 Å². The molecule has 0 spiro atoms. The summed E-state index contributed by atoms with van der Waals surface area (Å²) in [4.78, 5) is 24.2. The molecule has 1 heterocycles. The maximum atomic E-state index is 11.5. The molecule has 0 saturated carbocycles. The van der Waals surface area contributed by atoms with Gasteiger partial charge in [0, 0.05) is 17.8 Å². The Balaban J connectivity index is 2.27. The molecule has 1 saturated heterocycles. The minimum absolute atomic E-state index is 0.00377. The van der Waals surface area contributed by atoms with Gasteiger partial charge in [-0.05, 0) is 31.2 Å². The Morgan fingerprint density at radius 2 is 2.12 bits per heavy atom. The molecular weight excluding hydrogens is 220 g/mol. The lowest BCUT2D eigenvalue weighted by Crippen LogP contribution is -2.38. The molecule has 1 aliphatic rings. The zero-order valence-corrected chi connectivity index (χ0v) is 9.55. The van der Waals surface area contributed by atoms with E-state index in [0.29, 0.717) is 24.4 Å². The van der Waals surface area contributed by atoms with Crippen molar-refractivity contribution in [2.45, 2.75) is 13.0 Å². The maximum Gasteiger partial charge on any atom is 0.414 e. The van der Waals surface area contributed by atoms with Crippen molar-refractivity contribution < 1.29 is 14.3 Å². The van der Waals surface area contributed by atoms with Gasteiger partial charge in [0.15, 0.2) is 5.78 Å². The molecule has 1 unspecified atom stereocenters. The lowest BCUT2D eigenvalue weighted by atomic mass is 10.1. The third kappa shape index (κ3) is 2.14. The molecule has 2 N–H and O–H groups in total. The molecule has 0 bridgehead atoms. The monoisotopic (exact) mass is 234 g/mol. The fraction of sp³-hybridized carbons (Fsp3) is 0.333. The number of ketones is 1. The van der Waals surface area contributed by atoms with E-state index in [2.05, 4.69) is 0 Å². The lowest BCUT2D eigenvalue weighted by molar-refractivity contribution is 0.101. The van der Waals surface area contributed by atoms with Crippen molar-refractivity contribution in [1.29, 1.82) is 0 Å². The average molecular weight is 234 g/mol. The van der Waals surface area contributed by atoms with Gasteiger partial charge in [-0.25, -0.2) is 4.79 Å². The Morgan fingerprint density at radius 1 is 1.47 bits per heavy atom. The zero-order chi connectivity index (χ0) is 12.4. The van der Waals surface area contributed by atoms with Gasteiger partial charge in [0.1, 0.15) is 6.61 Å². The van der Waals surface area contributed by atoms with Crippen molar-refractivity contribution >= 4 is 17.6 Å². The first-order valence-corrected chi connectivity index (χ1v) is 5.40. The summed E-state index contributed by atoms with van der Waals surface area (Å²) in [6.07, 6.45) is -0.393. The summed E-state index contributed by atoms with van der Waals surface area (Å²) >= 11 is 0. The van der Waals surface area contributed by atoms with Gasteiger partial charge in [-0.3, -0.25) is 9.69 Å². The highest BCUT2D eigenvalue weighted by Gasteiger charge is 2.33. The molecule has 5 nitrogen and oxygen atoms in total. The van der Waals surface area contributed by atoms with Crippen molar-refractivity contribution in [3.05, 3.63) is 29.8 Å². The number of amides is 1. The summed E-state index contributed by atoms with van der Waals surface area (Å²) in [6, 6.07) is 6.71. The molecule has 1 aliphatic heterocycles. The van der Waals surface area contributed by atoms with Crippen molar-refractivity contribution in [2.75, 3.05) is 18.1 Å². The number of rotatable bonds is 3. The molecule has 90 valence electrons. The second-order valence-corrected chi connectivity index (χ2v) is 3.94. The summed E-state index contributed by atoms with van der Waals surface area (Å²) in [5, 5.41) is 0. The number of benzene rings is 1. The molecule has 0 radical (unpaired) electrons. The van der Waals surface area contributed by atoms with Crippen molar-refractivity contribution in [3.63, 3.8) is 0 Å².